The van der Waals surface area contributed by atoms with Crippen molar-refractivity contribution in [1.29, 1.82) is 0 Å². The largest absolute Gasteiger partial charge is 0.384 e. The van der Waals surface area contributed by atoms with Crippen LogP contribution in [0.15, 0.2) is 72.8 Å². The zero-order chi connectivity index (χ0) is 23.5. The van der Waals surface area contributed by atoms with Gasteiger partial charge >= 0.3 is 0 Å². The van der Waals surface area contributed by atoms with Crippen LogP contribution in [0.25, 0.3) is 22.3 Å². The number of hydrogen-bond donors (Lipinski definition) is 4. The first-order valence-electron chi connectivity index (χ1n) is 10.7. The van der Waals surface area contributed by atoms with Gasteiger partial charge in [0.15, 0.2) is 16.6 Å². The first kappa shape index (κ1) is 21.5. The van der Waals surface area contributed by atoms with Crippen LogP contribution in [0.4, 0.5) is 17.3 Å². The number of benzene rings is 2. The van der Waals surface area contributed by atoms with Crippen LogP contribution in [0.5, 0.6) is 0 Å². The molecule has 0 radical (unpaired) electrons. The lowest BCUT2D eigenvalue weighted by molar-refractivity contribution is 1.05. The molecule has 0 unspecified atom stereocenters. The van der Waals surface area contributed by atoms with Crippen molar-refractivity contribution in [1.82, 2.24) is 25.4 Å². The molecule has 0 amide bonds. The summed E-state index contributed by atoms with van der Waals surface area (Å²) < 4.78 is 0. The Morgan fingerprint density at radius 3 is 2.53 bits per heavy atom. The Morgan fingerprint density at radius 2 is 1.74 bits per heavy atom. The number of rotatable bonds is 5. The average Bonchev–Trinajstić information content (AvgIpc) is 3.21. The number of thiocarbonyl (C=S) groups is 1. The Balaban J connectivity index is 1.32. The predicted octanol–water partition coefficient (Wildman–Crippen LogP) is 4.71. The van der Waals surface area contributed by atoms with Gasteiger partial charge in [0, 0.05) is 23.4 Å². The maximum absolute atomic E-state index is 6.12. The van der Waals surface area contributed by atoms with E-state index >= 15 is 0 Å². The Morgan fingerprint density at radius 1 is 0.941 bits per heavy atom. The first-order valence-corrected chi connectivity index (χ1v) is 11.1. The van der Waals surface area contributed by atoms with E-state index in [0.29, 0.717) is 28.8 Å². The second kappa shape index (κ2) is 9.24. The molecule has 0 atom stereocenters. The quantitative estimate of drug-likeness (QED) is 0.275. The van der Waals surface area contributed by atoms with Crippen molar-refractivity contribution in [2.45, 2.75) is 13.3 Å². The summed E-state index contributed by atoms with van der Waals surface area (Å²) in [6.07, 6.45) is 0.640. The van der Waals surface area contributed by atoms with Crippen LogP contribution < -0.4 is 16.4 Å². The summed E-state index contributed by atoms with van der Waals surface area (Å²) in [5.41, 5.74) is 12.4. The third-order valence-corrected chi connectivity index (χ3v) is 5.59. The Kier molecular flexibility index (Phi) is 5.84. The van der Waals surface area contributed by atoms with E-state index in [2.05, 4.69) is 42.1 Å². The molecule has 0 aliphatic rings. The van der Waals surface area contributed by atoms with E-state index in [1.54, 1.807) is 0 Å². The van der Waals surface area contributed by atoms with E-state index in [1.807, 2.05) is 73.7 Å². The molecule has 5 N–H and O–H groups in total. The second-order valence-electron chi connectivity index (χ2n) is 7.84. The average molecular weight is 467 g/mol. The van der Waals surface area contributed by atoms with Crippen LogP contribution in [0.3, 0.4) is 0 Å². The molecule has 5 rings (SSSR count). The van der Waals surface area contributed by atoms with E-state index in [4.69, 9.17) is 18.0 Å². The van der Waals surface area contributed by atoms with Crippen LogP contribution in [0.2, 0.25) is 0 Å². The molecule has 3 heterocycles. The van der Waals surface area contributed by atoms with Crippen molar-refractivity contribution in [2.24, 2.45) is 0 Å². The summed E-state index contributed by atoms with van der Waals surface area (Å²) in [6.45, 7) is 1.95. The highest BCUT2D eigenvalue weighted by molar-refractivity contribution is 7.80. The van der Waals surface area contributed by atoms with Crippen molar-refractivity contribution in [3.8, 4) is 11.3 Å². The van der Waals surface area contributed by atoms with Gasteiger partial charge in [0.05, 0.1) is 11.1 Å². The first-order chi connectivity index (χ1) is 16.6. The summed E-state index contributed by atoms with van der Waals surface area (Å²) >= 11 is 5.54. The lowest BCUT2D eigenvalue weighted by Gasteiger charge is -2.14. The molecule has 2 aromatic carbocycles. The fourth-order valence-electron chi connectivity index (χ4n) is 3.84. The number of nitrogens with zero attached hydrogens (tertiary/aromatic N) is 4. The molecular weight excluding hydrogens is 444 g/mol. The summed E-state index contributed by atoms with van der Waals surface area (Å²) in [5.74, 6) is 1.07. The molecule has 0 aliphatic heterocycles. The SMILES string of the molecule is Cc1cc(Cc2ccccc2NC(=S)Nc2ccc(-c3ccccc3)nn2)c2c(N)[nH]nc2n1. The Bertz CT molecular complexity index is 1460. The summed E-state index contributed by atoms with van der Waals surface area (Å²) in [7, 11) is 0. The molecule has 0 aliphatic carbocycles. The maximum atomic E-state index is 6.12. The van der Waals surface area contributed by atoms with Crippen molar-refractivity contribution >= 4 is 45.7 Å². The number of aromatic amines is 1. The molecule has 0 fully saturated rings. The number of nitrogen functional groups attached to an aromatic ring is 1. The van der Waals surface area contributed by atoms with Gasteiger partial charge in [0.2, 0.25) is 0 Å². The minimum absolute atomic E-state index is 0.424. The van der Waals surface area contributed by atoms with E-state index < -0.39 is 0 Å². The molecule has 5 aromatic rings. The number of pyridine rings is 1. The predicted molar refractivity (Wildman–Crippen MR) is 140 cm³/mol. The molecule has 3 aromatic heterocycles. The van der Waals surface area contributed by atoms with E-state index in [0.717, 1.165) is 39.2 Å². The lowest BCUT2D eigenvalue weighted by Crippen LogP contribution is -2.20. The van der Waals surface area contributed by atoms with Crippen molar-refractivity contribution in [3.05, 3.63) is 89.6 Å². The van der Waals surface area contributed by atoms with Crippen molar-refractivity contribution in [3.63, 3.8) is 0 Å². The minimum atomic E-state index is 0.424. The van der Waals surface area contributed by atoms with Crippen molar-refractivity contribution < 1.29 is 0 Å². The van der Waals surface area contributed by atoms with Crippen LogP contribution in [0, 0.1) is 6.92 Å². The third kappa shape index (κ3) is 4.55. The summed E-state index contributed by atoms with van der Waals surface area (Å²) in [5, 5.41) is 23.2. The van der Waals surface area contributed by atoms with Gasteiger partial charge in [-0.05, 0) is 54.5 Å². The lowest BCUT2D eigenvalue weighted by atomic mass is 10.0. The zero-order valence-electron chi connectivity index (χ0n) is 18.4. The molecular formula is C25H22N8S. The summed E-state index contributed by atoms with van der Waals surface area (Å²) in [6, 6.07) is 23.7. The number of aromatic nitrogens is 5. The van der Waals surface area contributed by atoms with Gasteiger partial charge in [0.1, 0.15) is 5.82 Å². The van der Waals surface area contributed by atoms with Gasteiger partial charge in [-0.25, -0.2) is 4.98 Å². The van der Waals surface area contributed by atoms with Crippen LogP contribution in [-0.2, 0) is 6.42 Å². The van der Waals surface area contributed by atoms with E-state index in [1.165, 1.54) is 0 Å². The van der Waals surface area contributed by atoms with Gasteiger partial charge in [-0.15, -0.1) is 10.2 Å². The van der Waals surface area contributed by atoms with Gasteiger partial charge < -0.3 is 16.4 Å². The third-order valence-electron chi connectivity index (χ3n) is 5.38. The fraction of sp³-hybridized carbons (Fsp3) is 0.0800. The molecule has 0 spiro atoms. The zero-order valence-corrected chi connectivity index (χ0v) is 19.2. The number of H-pyrrole nitrogens is 1. The van der Waals surface area contributed by atoms with Gasteiger partial charge in [-0.3, -0.25) is 5.10 Å². The molecule has 0 saturated heterocycles. The van der Waals surface area contributed by atoms with Gasteiger partial charge in [-0.1, -0.05) is 48.5 Å². The van der Waals surface area contributed by atoms with Crippen molar-refractivity contribution in [2.75, 3.05) is 16.4 Å². The van der Waals surface area contributed by atoms with E-state index in [9.17, 15) is 0 Å². The number of hydrogen-bond acceptors (Lipinski definition) is 6. The molecule has 8 nitrogen and oxygen atoms in total. The standard InChI is InChI=1S/C25H22N8S/c1-15-13-18(22-23(26)32-33-24(22)27-15)14-17-9-5-6-10-19(17)28-25(34)29-21-12-11-20(30-31-21)16-7-3-2-4-8-16/h2-13H,14H2,1H3,(H3,26,27,32,33)(H2,28,29,31,34). The normalized spacial score (nSPS) is 10.9. The van der Waals surface area contributed by atoms with Gasteiger partial charge in [0.25, 0.3) is 0 Å². The Hall–Kier alpha value is -4.37. The highest BCUT2D eigenvalue weighted by Gasteiger charge is 2.13. The monoisotopic (exact) mass is 466 g/mol. The number of para-hydroxylation sites is 1. The van der Waals surface area contributed by atoms with Gasteiger partial charge in [-0.2, -0.15) is 5.10 Å². The number of nitrogens with one attached hydrogen (secondary N) is 3. The molecule has 168 valence electrons. The highest BCUT2D eigenvalue weighted by Crippen LogP contribution is 2.27. The molecule has 0 saturated carbocycles. The summed E-state index contributed by atoms with van der Waals surface area (Å²) in [4.78, 5) is 4.46. The molecule has 34 heavy (non-hydrogen) atoms. The smallest absolute Gasteiger partial charge is 0.183 e. The number of aryl methyl sites for hydroxylation is 1. The highest BCUT2D eigenvalue weighted by atomic mass is 32.1. The fourth-order valence-corrected chi connectivity index (χ4v) is 4.05. The minimum Gasteiger partial charge on any atom is -0.384 e. The maximum Gasteiger partial charge on any atom is 0.183 e. The molecule has 0 bridgehead atoms. The van der Waals surface area contributed by atoms with E-state index in [-0.39, 0.29) is 0 Å². The number of fused-ring (bicyclic) bond motifs is 1. The van der Waals surface area contributed by atoms with Crippen LogP contribution >= 0.6 is 12.2 Å². The van der Waals surface area contributed by atoms with Crippen LogP contribution in [-0.4, -0.2) is 30.5 Å². The molecule has 9 heteroatoms. The number of nitrogens with two attached hydrogens (primary N) is 1. The second-order valence-corrected chi connectivity index (χ2v) is 8.25. The number of anilines is 3. The topological polar surface area (TPSA) is 117 Å². The Labute approximate surface area is 201 Å². The van der Waals surface area contributed by atoms with Crippen LogP contribution in [0.1, 0.15) is 16.8 Å².